The number of imidazole rings is 1. The van der Waals surface area contributed by atoms with Crippen molar-refractivity contribution in [2.45, 2.75) is 19.9 Å². The van der Waals surface area contributed by atoms with Crippen molar-refractivity contribution < 1.29 is 19.1 Å². The second kappa shape index (κ2) is 8.96. The number of aliphatic hydroxyl groups is 1. The summed E-state index contributed by atoms with van der Waals surface area (Å²) >= 11 is 12.1. The minimum atomic E-state index is -0.708. The lowest BCUT2D eigenvalue weighted by Gasteiger charge is -2.16. The Labute approximate surface area is 176 Å². The number of amides is 1. The molecule has 0 spiro atoms. The van der Waals surface area contributed by atoms with Crippen molar-refractivity contribution in [1.82, 2.24) is 15.0 Å². The number of nitrogens with zero attached hydrogens (tertiary/aromatic N) is 2. The molecule has 1 aromatic heterocycles. The summed E-state index contributed by atoms with van der Waals surface area (Å²) in [7, 11) is 0. The number of rotatable bonds is 7. The van der Waals surface area contributed by atoms with Gasteiger partial charge in [-0.1, -0.05) is 23.2 Å². The van der Waals surface area contributed by atoms with Crippen LogP contribution in [0.2, 0.25) is 10.0 Å². The topological polar surface area (TPSA) is 88.4 Å². The van der Waals surface area contributed by atoms with Gasteiger partial charge in [0.05, 0.1) is 47.0 Å². The Morgan fingerprint density at radius 2 is 2.10 bits per heavy atom. The molecule has 3 N–H and O–H groups in total. The molecule has 0 aliphatic carbocycles. The number of aliphatic hydroxyl groups excluding tert-OH is 1. The SMILES string of the molecule is CC(C)n1cnc2c(F)c(Nc3ccc(Cl)cc3Cl)c(C(=O)NOCCO)cc21. The fourth-order valence-corrected chi connectivity index (χ4v) is 3.24. The zero-order valence-corrected chi connectivity index (χ0v) is 17.2. The van der Waals surface area contributed by atoms with E-state index in [0.29, 0.717) is 16.2 Å². The predicted molar refractivity (Wildman–Crippen MR) is 110 cm³/mol. The normalized spacial score (nSPS) is 11.3. The van der Waals surface area contributed by atoms with Crippen LogP contribution >= 0.6 is 23.2 Å². The highest BCUT2D eigenvalue weighted by Gasteiger charge is 2.23. The van der Waals surface area contributed by atoms with E-state index in [9.17, 15) is 4.79 Å². The average molecular weight is 441 g/mol. The molecule has 154 valence electrons. The average Bonchev–Trinajstić information content (AvgIpc) is 3.10. The minimum absolute atomic E-state index is 0.00506. The number of fused-ring (bicyclic) bond motifs is 1. The van der Waals surface area contributed by atoms with Crippen LogP contribution in [-0.2, 0) is 4.84 Å². The van der Waals surface area contributed by atoms with Crippen LogP contribution in [-0.4, -0.2) is 33.8 Å². The summed E-state index contributed by atoms with van der Waals surface area (Å²) in [6.45, 7) is 3.46. The summed E-state index contributed by atoms with van der Waals surface area (Å²) < 4.78 is 17.1. The number of aromatic nitrogens is 2. The number of benzene rings is 2. The molecule has 1 amide bonds. The molecule has 0 aliphatic rings. The molecular formula is C19H19Cl2FN4O3. The summed E-state index contributed by atoms with van der Waals surface area (Å²) in [5.41, 5.74) is 3.00. The Kier molecular flexibility index (Phi) is 6.59. The van der Waals surface area contributed by atoms with Gasteiger partial charge in [0.15, 0.2) is 5.82 Å². The fourth-order valence-electron chi connectivity index (χ4n) is 2.78. The van der Waals surface area contributed by atoms with Crippen LogP contribution in [0.1, 0.15) is 30.2 Å². The molecule has 0 fully saturated rings. The molecule has 0 radical (unpaired) electrons. The van der Waals surface area contributed by atoms with Crippen molar-refractivity contribution in [3.8, 4) is 0 Å². The molecule has 2 aromatic carbocycles. The zero-order chi connectivity index (χ0) is 21.1. The van der Waals surface area contributed by atoms with Crippen molar-refractivity contribution in [2.75, 3.05) is 18.5 Å². The Bertz CT molecular complexity index is 1060. The van der Waals surface area contributed by atoms with E-state index >= 15 is 4.39 Å². The number of carbonyl (C=O) groups excluding carboxylic acids is 1. The summed E-state index contributed by atoms with van der Waals surface area (Å²) in [6.07, 6.45) is 1.52. The van der Waals surface area contributed by atoms with Gasteiger partial charge >= 0.3 is 0 Å². The maximum atomic E-state index is 15.4. The maximum absolute atomic E-state index is 15.4. The molecule has 3 rings (SSSR count). The third-order valence-corrected chi connectivity index (χ3v) is 4.71. The van der Waals surface area contributed by atoms with Gasteiger partial charge in [0.25, 0.3) is 5.91 Å². The number of carbonyl (C=O) groups is 1. The van der Waals surface area contributed by atoms with Crippen LogP contribution in [0.15, 0.2) is 30.6 Å². The summed E-state index contributed by atoms with van der Waals surface area (Å²) in [5, 5.41) is 12.4. The number of hydrogen-bond donors (Lipinski definition) is 3. The number of hydrogen-bond acceptors (Lipinski definition) is 5. The molecule has 3 aromatic rings. The van der Waals surface area contributed by atoms with E-state index in [-0.39, 0.29) is 41.0 Å². The van der Waals surface area contributed by atoms with Crippen LogP contribution in [0, 0.1) is 5.82 Å². The van der Waals surface area contributed by atoms with Crippen molar-refractivity contribution in [3.63, 3.8) is 0 Å². The molecule has 7 nitrogen and oxygen atoms in total. The molecule has 10 heteroatoms. The van der Waals surface area contributed by atoms with E-state index in [4.69, 9.17) is 33.1 Å². The van der Waals surface area contributed by atoms with Gasteiger partial charge in [0, 0.05) is 11.1 Å². The van der Waals surface area contributed by atoms with E-state index < -0.39 is 11.7 Å². The summed E-state index contributed by atoms with van der Waals surface area (Å²) in [4.78, 5) is 21.7. The largest absolute Gasteiger partial charge is 0.394 e. The Morgan fingerprint density at radius 1 is 1.34 bits per heavy atom. The van der Waals surface area contributed by atoms with E-state index in [0.717, 1.165) is 0 Å². The number of anilines is 2. The molecule has 1 heterocycles. The Balaban J connectivity index is 2.13. The van der Waals surface area contributed by atoms with E-state index in [2.05, 4.69) is 15.8 Å². The predicted octanol–water partition coefficient (Wildman–Crippen LogP) is 4.46. The first-order chi connectivity index (χ1) is 13.8. The monoisotopic (exact) mass is 440 g/mol. The van der Waals surface area contributed by atoms with Crippen LogP contribution in [0.25, 0.3) is 11.0 Å². The van der Waals surface area contributed by atoms with Gasteiger partial charge in [-0.2, -0.15) is 0 Å². The zero-order valence-electron chi connectivity index (χ0n) is 15.7. The molecule has 0 unspecified atom stereocenters. The molecule has 0 atom stereocenters. The first-order valence-corrected chi connectivity index (χ1v) is 9.53. The van der Waals surface area contributed by atoms with Gasteiger partial charge in [-0.3, -0.25) is 9.63 Å². The van der Waals surface area contributed by atoms with E-state index in [1.54, 1.807) is 16.7 Å². The number of hydroxylamine groups is 1. The highest BCUT2D eigenvalue weighted by atomic mass is 35.5. The van der Waals surface area contributed by atoms with E-state index in [1.165, 1.54) is 18.5 Å². The summed E-state index contributed by atoms with van der Waals surface area (Å²) in [6, 6.07) is 6.19. The second-order valence-electron chi connectivity index (χ2n) is 6.48. The number of nitrogens with one attached hydrogen (secondary N) is 2. The lowest BCUT2D eigenvalue weighted by molar-refractivity contribution is 0.0169. The molecule has 0 bridgehead atoms. The third-order valence-electron chi connectivity index (χ3n) is 4.16. The molecule has 29 heavy (non-hydrogen) atoms. The van der Waals surface area contributed by atoms with E-state index in [1.807, 2.05) is 13.8 Å². The van der Waals surface area contributed by atoms with Crippen molar-refractivity contribution >= 4 is 51.5 Å². The van der Waals surface area contributed by atoms with Crippen LogP contribution in [0.3, 0.4) is 0 Å². The lowest BCUT2D eigenvalue weighted by atomic mass is 10.1. The molecule has 0 saturated carbocycles. The van der Waals surface area contributed by atoms with Crippen molar-refractivity contribution in [2.24, 2.45) is 0 Å². The lowest BCUT2D eigenvalue weighted by Crippen LogP contribution is -2.26. The third kappa shape index (κ3) is 4.45. The second-order valence-corrected chi connectivity index (χ2v) is 7.32. The van der Waals surface area contributed by atoms with Crippen LogP contribution in [0.5, 0.6) is 0 Å². The van der Waals surface area contributed by atoms with Crippen molar-refractivity contribution in [3.05, 3.63) is 52.0 Å². The molecule has 0 aliphatic heterocycles. The molecular weight excluding hydrogens is 422 g/mol. The Morgan fingerprint density at radius 3 is 2.76 bits per heavy atom. The highest BCUT2D eigenvalue weighted by molar-refractivity contribution is 6.36. The van der Waals surface area contributed by atoms with Gasteiger partial charge in [-0.05, 0) is 38.1 Å². The van der Waals surface area contributed by atoms with Crippen LogP contribution < -0.4 is 10.8 Å². The van der Waals surface area contributed by atoms with Crippen molar-refractivity contribution in [1.29, 1.82) is 0 Å². The van der Waals surface area contributed by atoms with Gasteiger partial charge < -0.3 is 15.0 Å². The smallest absolute Gasteiger partial charge is 0.277 e. The van der Waals surface area contributed by atoms with Crippen LogP contribution in [0.4, 0.5) is 15.8 Å². The highest BCUT2D eigenvalue weighted by Crippen LogP contribution is 2.34. The fraction of sp³-hybridized carbons (Fsp3) is 0.263. The Hall–Kier alpha value is -2.39. The summed E-state index contributed by atoms with van der Waals surface area (Å²) in [5.74, 6) is -1.40. The first-order valence-electron chi connectivity index (χ1n) is 8.77. The van der Waals surface area contributed by atoms with Gasteiger partial charge in [0.1, 0.15) is 5.52 Å². The minimum Gasteiger partial charge on any atom is -0.394 e. The van der Waals surface area contributed by atoms with Gasteiger partial charge in [0.2, 0.25) is 0 Å². The first kappa shape index (κ1) is 21.3. The number of halogens is 3. The standard InChI is InChI=1S/C19H19Cl2FN4O3/c1-10(2)26-9-23-18-15(26)8-12(19(28)25-29-6-5-27)17(16(18)22)24-14-4-3-11(20)7-13(14)21/h3-4,7-10,24,27H,5-6H2,1-2H3,(H,25,28). The quantitative estimate of drug-likeness (QED) is 0.372. The molecule has 0 saturated heterocycles. The maximum Gasteiger partial charge on any atom is 0.277 e. The van der Waals surface area contributed by atoms with Gasteiger partial charge in [-0.25, -0.2) is 14.9 Å². The van der Waals surface area contributed by atoms with Gasteiger partial charge in [-0.15, -0.1) is 0 Å².